The second-order valence-corrected chi connectivity index (χ2v) is 17.9. The van der Waals surface area contributed by atoms with Crippen molar-refractivity contribution in [2.45, 2.75) is 106 Å². The van der Waals surface area contributed by atoms with Crippen LogP contribution in [0.5, 0.6) is 0 Å². The zero-order valence-electron chi connectivity index (χ0n) is 31.7. The van der Waals surface area contributed by atoms with Crippen molar-refractivity contribution >= 4 is 40.8 Å². The molecule has 3 aromatic carbocycles. The number of aromatic nitrogens is 1. The van der Waals surface area contributed by atoms with Gasteiger partial charge in [0, 0.05) is 29.7 Å². The zero-order chi connectivity index (χ0) is 39.4. The quantitative estimate of drug-likeness (QED) is 0.133. The van der Waals surface area contributed by atoms with Gasteiger partial charge in [0.25, 0.3) is 0 Å². The molecule has 2 amide bonds. The molecule has 1 saturated heterocycles. The van der Waals surface area contributed by atoms with Crippen LogP contribution in [0, 0.1) is 17.2 Å². The van der Waals surface area contributed by atoms with Gasteiger partial charge in [0.2, 0.25) is 11.8 Å². The van der Waals surface area contributed by atoms with E-state index < -0.39 is 46.8 Å². The fourth-order valence-electron chi connectivity index (χ4n) is 10.7. The van der Waals surface area contributed by atoms with E-state index in [1.54, 1.807) is 24.3 Å². The molecule has 294 valence electrons. The Morgan fingerprint density at radius 2 is 1.55 bits per heavy atom. The van der Waals surface area contributed by atoms with Crippen LogP contribution in [-0.2, 0) is 15.0 Å². The highest BCUT2D eigenvalue weighted by molar-refractivity contribution is 6.31. The van der Waals surface area contributed by atoms with Crippen LogP contribution in [0.1, 0.15) is 106 Å². The summed E-state index contributed by atoms with van der Waals surface area (Å²) in [5.41, 5.74) is -0.749. The van der Waals surface area contributed by atoms with Gasteiger partial charge in [0.15, 0.2) is 0 Å². The van der Waals surface area contributed by atoms with Gasteiger partial charge in [-0.3, -0.25) is 14.5 Å². The summed E-state index contributed by atoms with van der Waals surface area (Å²) in [4.78, 5) is 38.0. The van der Waals surface area contributed by atoms with Crippen molar-refractivity contribution in [2.75, 3.05) is 11.9 Å². The molecule has 4 aromatic rings. The molecule has 8 rings (SSSR count). The molecule has 2 aliphatic heterocycles. The van der Waals surface area contributed by atoms with Crippen LogP contribution in [0.25, 0.3) is 0 Å². The molecule has 11 heteroatoms. The fraction of sp³-hybridized carbons (Fsp3) is 0.444. The first-order chi connectivity index (χ1) is 26.9. The van der Waals surface area contributed by atoms with Crippen LogP contribution < -0.4 is 10.6 Å². The zero-order valence-corrected chi connectivity index (χ0v) is 33.2. The number of hydrogen-bond donors (Lipinski definition) is 4. The van der Waals surface area contributed by atoms with E-state index >= 15 is 14.0 Å². The third-order valence-electron chi connectivity index (χ3n) is 13.5. The lowest BCUT2D eigenvalue weighted by atomic mass is 9.53. The lowest BCUT2D eigenvalue weighted by Crippen LogP contribution is -2.64. The molecule has 3 heterocycles. The number of nitrogens with zero attached hydrogens (tertiary/aromatic N) is 2. The number of aliphatic hydroxyl groups excluding tert-OH is 2. The Labute approximate surface area is 337 Å². The SMILES string of the molecule is CC1(C)CCC2(CC1)N([C@H](c1ccccc1)[C@@H](O)c1ccccc1)[C@@H](C(=O)NC1CCC(CO)CC1)[C@H](c1cccc(Cl)c1F)C21C(=O)Nc2nc(Cl)ccc21. The first kappa shape index (κ1) is 39.0. The second-order valence-electron chi connectivity index (χ2n) is 17.1. The lowest BCUT2D eigenvalue weighted by Gasteiger charge is -2.56. The third kappa shape index (κ3) is 6.34. The Morgan fingerprint density at radius 3 is 2.20 bits per heavy atom. The monoisotopic (exact) mass is 798 g/mol. The molecule has 2 aliphatic carbocycles. The van der Waals surface area contributed by atoms with Crippen LogP contribution in [0.4, 0.5) is 10.2 Å². The van der Waals surface area contributed by atoms with Gasteiger partial charge in [-0.05, 0) is 91.5 Å². The summed E-state index contributed by atoms with van der Waals surface area (Å²) in [6.07, 6.45) is 4.02. The maximum Gasteiger partial charge on any atom is 0.238 e. The number of carbonyl (C=O) groups excluding carboxylic acids is 2. The number of likely N-dealkylation sites (tertiary alicyclic amines) is 1. The highest BCUT2D eigenvalue weighted by atomic mass is 35.5. The summed E-state index contributed by atoms with van der Waals surface area (Å²) in [6, 6.07) is 25.0. The number of nitrogens with one attached hydrogen (secondary N) is 2. The summed E-state index contributed by atoms with van der Waals surface area (Å²) in [7, 11) is 0. The number of rotatable bonds is 8. The summed E-state index contributed by atoms with van der Waals surface area (Å²) in [5.74, 6) is -2.12. The molecule has 8 nitrogen and oxygen atoms in total. The minimum atomic E-state index is -1.58. The van der Waals surface area contributed by atoms with E-state index in [2.05, 4.69) is 34.4 Å². The maximum atomic E-state index is 17.1. The Morgan fingerprint density at radius 1 is 0.911 bits per heavy atom. The number of carbonyl (C=O) groups is 2. The van der Waals surface area contributed by atoms with Crippen LogP contribution >= 0.6 is 23.2 Å². The van der Waals surface area contributed by atoms with Gasteiger partial charge < -0.3 is 20.8 Å². The molecule has 5 atom stereocenters. The predicted octanol–water partition coefficient (Wildman–Crippen LogP) is 8.67. The van der Waals surface area contributed by atoms with Gasteiger partial charge in [-0.1, -0.05) is 116 Å². The Bertz CT molecular complexity index is 2090. The second kappa shape index (κ2) is 15.1. The van der Waals surface area contributed by atoms with E-state index in [4.69, 9.17) is 23.2 Å². The summed E-state index contributed by atoms with van der Waals surface area (Å²) in [5, 5.41) is 29.3. The van der Waals surface area contributed by atoms with Crippen LogP contribution in [-0.4, -0.2) is 56.1 Å². The molecule has 56 heavy (non-hydrogen) atoms. The number of amides is 2. The fourth-order valence-corrected chi connectivity index (χ4v) is 11.1. The number of fused-ring (bicyclic) bond motifs is 3. The van der Waals surface area contributed by atoms with Gasteiger partial charge in [0.1, 0.15) is 22.2 Å². The predicted molar refractivity (Wildman–Crippen MR) is 216 cm³/mol. The van der Waals surface area contributed by atoms with Crippen molar-refractivity contribution in [1.29, 1.82) is 0 Å². The van der Waals surface area contributed by atoms with E-state index in [9.17, 15) is 10.2 Å². The summed E-state index contributed by atoms with van der Waals surface area (Å²) in [6.45, 7) is 4.52. The van der Waals surface area contributed by atoms with Crippen molar-refractivity contribution < 1.29 is 24.2 Å². The number of aliphatic hydroxyl groups is 2. The number of hydrogen-bond acceptors (Lipinski definition) is 6. The van der Waals surface area contributed by atoms with Crippen LogP contribution in [0.15, 0.2) is 91.0 Å². The number of anilines is 1. The first-order valence-corrected chi connectivity index (χ1v) is 20.6. The van der Waals surface area contributed by atoms with Crippen molar-refractivity contribution in [3.63, 3.8) is 0 Å². The smallest absolute Gasteiger partial charge is 0.238 e. The highest BCUT2D eigenvalue weighted by Gasteiger charge is 2.77. The molecule has 4 N–H and O–H groups in total. The molecule has 2 saturated carbocycles. The Hall–Kier alpha value is -3.86. The van der Waals surface area contributed by atoms with E-state index in [0.29, 0.717) is 49.7 Å². The lowest BCUT2D eigenvalue weighted by molar-refractivity contribution is -0.137. The van der Waals surface area contributed by atoms with E-state index in [-0.39, 0.29) is 51.4 Å². The molecular weight excluding hydrogens is 750 g/mol. The number of pyridine rings is 1. The standard InChI is InChI=1S/C45H49Cl2FN4O4/c1-43(2)22-24-44(25-23-43)45(32-20-21-34(47)50-40(32)51-42(45)56)35(31-14-9-15-33(46)36(31)48)38(41(55)49-30-18-16-27(26-53)17-19-30)52(44)37(28-10-5-3-6-11-28)39(54)29-12-7-4-8-13-29/h3-15,20-21,27,30,35,37-39,53-54H,16-19,22-26H2,1-2H3,(H,49,55)(H,50,51,56)/t27?,30?,35-,37+,38+,39-,45?/m0/s1. The minimum Gasteiger partial charge on any atom is -0.396 e. The topological polar surface area (TPSA) is 115 Å². The average molecular weight is 800 g/mol. The number of benzene rings is 3. The van der Waals surface area contributed by atoms with Crippen LogP contribution in [0.3, 0.4) is 0 Å². The summed E-state index contributed by atoms with van der Waals surface area (Å²) < 4.78 is 17.1. The maximum absolute atomic E-state index is 17.1. The van der Waals surface area contributed by atoms with Gasteiger partial charge in [-0.2, -0.15) is 0 Å². The van der Waals surface area contributed by atoms with Gasteiger partial charge in [-0.25, -0.2) is 9.37 Å². The molecular formula is C45H49Cl2FN4O4. The molecule has 1 aromatic heterocycles. The number of halogens is 3. The van der Waals surface area contributed by atoms with Crippen LogP contribution in [0.2, 0.25) is 10.2 Å². The molecule has 3 fully saturated rings. The Balaban J connectivity index is 1.46. The van der Waals surface area contributed by atoms with Gasteiger partial charge in [0.05, 0.1) is 23.2 Å². The molecule has 2 spiro atoms. The van der Waals surface area contributed by atoms with Crippen molar-refractivity contribution in [1.82, 2.24) is 15.2 Å². The molecule has 0 radical (unpaired) electrons. The van der Waals surface area contributed by atoms with E-state index in [0.717, 1.165) is 18.4 Å². The highest BCUT2D eigenvalue weighted by Crippen LogP contribution is 2.69. The van der Waals surface area contributed by atoms with Crippen molar-refractivity contribution in [3.05, 3.63) is 129 Å². The normalized spacial score (nSPS) is 27.8. The minimum absolute atomic E-state index is 0.0945. The van der Waals surface area contributed by atoms with Gasteiger partial charge >= 0.3 is 0 Å². The van der Waals surface area contributed by atoms with Crippen molar-refractivity contribution in [3.8, 4) is 0 Å². The largest absolute Gasteiger partial charge is 0.396 e. The van der Waals surface area contributed by atoms with E-state index in [1.165, 1.54) is 6.07 Å². The van der Waals surface area contributed by atoms with E-state index in [1.807, 2.05) is 60.7 Å². The molecule has 0 bridgehead atoms. The van der Waals surface area contributed by atoms with Gasteiger partial charge in [-0.15, -0.1) is 0 Å². The molecule has 4 aliphatic rings. The molecule has 1 unspecified atom stereocenters. The summed E-state index contributed by atoms with van der Waals surface area (Å²) >= 11 is 13.1. The Kier molecular flexibility index (Phi) is 10.5. The van der Waals surface area contributed by atoms with Crippen molar-refractivity contribution in [2.24, 2.45) is 11.3 Å². The third-order valence-corrected chi connectivity index (χ3v) is 14.0. The average Bonchev–Trinajstić information content (AvgIpc) is 3.63. The first-order valence-electron chi connectivity index (χ1n) is 19.8.